The van der Waals surface area contributed by atoms with Crippen LogP contribution in [0.5, 0.6) is 5.75 Å². The summed E-state index contributed by atoms with van der Waals surface area (Å²) in [6.07, 6.45) is 0.107. The number of phenolic OH excluding ortho intramolecular Hbond substituents is 1. The van der Waals surface area contributed by atoms with Gasteiger partial charge in [0.1, 0.15) is 5.75 Å². The van der Waals surface area contributed by atoms with Crippen molar-refractivity contribution in [2.45, 2.75) is 40.0 Å². The molecule has 0 saturated carbocycles. The van der Waals surface area contributed by atoms with Crippen molar-refractivity contribution in [3.05, 3.63) is 28.8 Å². The molecular weight excluding hydrogens is 322 g/mol. The van der Waals surface area contributed by atoms with Gasteiger partial charge in [0, 0.05) is 30.8 Å². The zero-order valence-corrected chi connectivity index (χ0v) is 15.1. The van der Waals surface area contributed by atoms with E-state index in [2.05, 4.69) is 16.0 Å². The van der Waals surface area contributed by atoms with Crippen LogP contribution in [0.15, 0.2) is 12.1 Å². The lowest BCUT2D eigenvalue weighted by Gasteiger charge is -2.13. The van der Waals surface area contributed by atoms with Crippen molar-refractivity contribution in [1.29, 1.82) is 0 Å². The Bertz CT molecular complexity index is 588. The molecule has 138 valence electrons. The van der Waals surface area contributed by atoms with Gasteiger partial charge in [-0.2, -0.15) is 0 Å². The van der Waals surface area contributed by atoms with Crippen LogP contribution in [-0.4, -0.2) is 42.5 Å². The van der Waals surface area contributed by atoms with Crippen molar-refractivity contribution in [2.75, 3.05) is 19.6 Å². The normalized spacial score (nSPS) is 10.2. The summed E-state index contributed by atoms with van der Waals surface area (Å²) in [5, 5.41) is 18.5. The second-order valence-electron chi connectivity index (χ2n) is 5.65. The van der Waals surface area contributed by atoms with Gasteiger partial charge in [0.2, 0.25) is 17.7 Å². The number of rotatable bonds is 9. The summed E-state index contributed by atoms with van der Waals surface area (Å²) in [7, 11) is 0. The Hall–Kier alpha value is -2.57. The van der Waals surface area contributed by atoms with Gasteiger partial charge in [-0.15, -0.1) is 0 Å². The zero-order chi connectivity index (χ0) is 18.8. The largest absolute Gasteiger partial charge is 0.507 e. The topological polar surface area (TPSA) is 108 Å². The molecule has 7 nitrogen and oxygen atoms in total. The summed E-state index contributed by atoms with van der Waals surface area (Å²) < 4.78 is 0. The van der Waals surface area contributed by atoms with Crippen molar-refractivity contribution in [3.63, 3.8) is 0 Å². The van der Waals surface area contributed by atoms with Crippen molar-refractivity contribution < 1.29 is 19.5 Å². The van der Waals surface area contributed by atoms with Crippen LogP contribution in [0.2, 0.25) is 0 Å². The molecular formula is C18H27N3O4. The number of hydrogen-bond donors (Lipinski definition) is 4. The first-order valence-corrected chi connectivity index (χ1v) is 8.54. The molecule has 7 heteroatoms. The van der Waals surface area contributed by atoms with Crippen molar-refractivity contribution in [3.8, 4) is 5.75 Å². The van der Waals surface area contributed by atoms with Crippen LogP contribution in [0.4, 0.5) is 0 Å². The number of carbonyl (C=O) groups is 3. The molecule has 0 unspecified atom stereocenters. The average Bonchev–Trinajstić information content (AvgIpc) is 2.52. The number of carbonyl (C=O) groups excluding carboxylic acids is 3. The minimum atomic E-state index is -0.225. The molecule has 1 aromatic rings. The molecule has 0 aliphatic rings. The van der Waals surface area contributed by atoms with E-state index in [0.29, 0.717) is 36.3 Å². The Morgan fingerprint density at radius 2 is 1.12 bits per heavy atom. The fraction of sp³-hybridized carbons (Fsp3) is 0.500. The molecule has 3 amide bonds. The predicted molar refractivity (Wildman–Crippen MR) is 95.3 cm³/mol. The summed E-state index contributed by atoms with van der Waals surface area (Å²) in [5.41, 5.74) is 1.47. The lowest BCUT2D eigenvalue weighted by molar-refractivity contribution is -0.121. The Balaban J connectivity index is 3.13. The molecule has 0 aliphatic carbocycles. The van der Waals surface area contributed by atoms with Gasteiger partial charge in [0.25, 0.3) is 0 Å². The maximum Gasteiger partial charge on any atom is 0.224 e. The van der Waals surface area contributed by atoms with Crippen molar-refractivity contribution in [1.82, 2.24) is 16.0 Å². The molecule has 1 rings (SSSR count). The molecule has 0 bridgehead atoms. The third-order valence-electron chi connectivity index (χ3n) is 3.52. The number of hydrogen-bond acceptors (Lipinski definition) is 4. The van der Waals surface area contributed by atoms with Gasteiger partial charge in [-0.25, -0.2) is 0 Å². The summed E-state index contributed by atoms with van der Waals surface area (Å²) in [5.74, 6) is -0.674. The minimum absolute atomic E-state index is 0.00862. The highest BCUT2D eigenvalue weighted by molar-refractivity contribution is 5.83. The first-order chi connectivity index (χ1) is 11.9. The van der Waals surface area contributed by atoms with Crippen LogP contribution >= 0.6 is 0 Å². The van der Waals surface area contributed by atoms with E-state index in [0.717, 1.165) is 0 Å². The molecule has 0 atom stereocenters. The van der Waals surface area contributed by atoms with Gasteiger partial charge in [0.15, 0.2) is 0 Å². The summed E-state index contributed by atoms with van der Waals surface area (Å²) >= 11 is 0. The monoisotopic (exact) mass is 349 g/mol. The molecule has 25 heavy (non-hydrogen) atoms. The SMILES string of the molecule is CCNC(=O)Cc1cc(CC(=O)NCC)c(O)c(CC(=O)NCC)c1. The Morgan fingerprint density at radius 3 is 1.48 bits per heavy atom. The lowest BCUT2D eigenvalue weighted by atomic mass is 9.97. The van der Waals surface area contributed by atoms with Gasteiger partial charge in [0.05, 0.1) is 19.3 Å². The number of nitrogens with one attached hydrogen (secondary N) is 3. The molecule has 0 saturated heterocycles. The molecule has 4 N–H and O–H groups in total. The second kappa shape index (κ2) is 10.3. The third kappa shape index (κ3) is 6.82. The number of amides is 3. The molecule has 0 heterocycles. The number of phenols is 1. The van der Waals surface area contributed by atoms with Crippen LogP contribution in [-0.2, 0) is 33.6 Å². The minimum Gasteiger partial charge on any atom is -0.507 e. The Morgan fingerprint density at radius 1 is 0.760 bits per heavy atom. The molecule has 0 aromatic heterocycles. The molecule has 0 radical (unpaired) electrons. The van der Waals surface area contributed by atoms with Crippen LogP contribution < -0.4 is 16.0 Å². The van der Waals surface area contributed by atoms with E-state index in [4.69, 9.17) is 0 Å². The van der Waals surface area contributed by atoms with Crippen LogP contribution in [0.3, 0.4) is 0 Å². The number of aromatic hydroxyl groups is 1. The van der Waals surface area contributed by atoms with Crippen molar-refractivity contribution >= 4 is 17.7 Å². The summed E-state index contributed by atoms with van der Waals surface area (Å²) in [6, 6.07) is 3.28. The predicted octanol–water partition coefficient (Wildman–Crippen LogP) is 0.428. The van der Waals surface area contributed by atoms with Gasteiger partial charge in [-0.3, -0.25) is 14.4 Å². The van der Waals surface area contributed by atoms with E-state index >= 15 is 0 Å². The fourth-order valence-corrected chi connectivity index (χ4v) is 2.51. The lowest BCUT2D eigenvalue weighted by Crippen LogP contribution is -2.26. The van der Waals surface area contributed by atoms with Gasteiger partial charge >= 0.3 is 0 Å². The standard InChI is InChI=1S/C18H27N3O4/c1-4-19-15(22)9-12-7-13(10-16(23)20-5-2)18(25)14(8-12)11-17(24)21-6-3/h7-8,25H,4-6,9-11H2,1-3H3,(H,19,22)(H,20,23)(H,21,24). The first-order valence-electron chi connectivity index (χ1n) is 8.54. The Kier molecular flexibility index (Phi) is 8.46. The maximum absolute atomic E-state index is 11.9. The van der Waals surface area contributed by atoms with E-state index in [1.165, 1.54) is 0 Å². The summed E-state index contributed by atoms with van der Waals surface area (Å²) in [6.45, 7) is 6.95. The van der Waals surface area contributed by atoms with Crippen molar-refractivity contribution in [2.24, 2.45) is 0 Å². The second-order valence-corrected chi connectivity index (χ2v) is 5.65. The van der Waals surface area contributed by atoms with Crippen LogP contribution in [0.25, 0.3) is 0 Å². The first kappa shape index (κ1) is 20.5. The average molecular weight is 349 g/mol. The van der Waals surface area contributed by atoms with Gasteiger partial charge < -0.3 is 21.1 Å². The summed E-state index contributed by atoms with van der Waals surface area (Å²) in [4.78, 5) is 35.5. The highest BCUT2D eigenvalue weighted by atomic mass is 16.3. The molecule has 0 fully saturated rings. The molecule has 1 aromatic carbocycles. The quantitative estimate of drug-likeness (QED) is 0.518. The van der Waals surface area contributed by atoms with Crippen LogP contribution in [0, 0.1) is 0 Å². The number of likely N-dealkylation sites (N-methyl/N-ethyl adjacent to an activating group) is 3. The van der Waals surface area contributed by atoms with Gasteiger partial charge in [-0.1, -0.05) is 12.1 Å². The molecule has 0 spiro atoms. The fourth-order valence-electron chi connectivity index (χ4n) is 2.51. The smallest absolute Gasteiger partial charge is 0.224 e. The number of benzene rings is 1. The van der Waals surface area contributed by atoms with Crippen LogP contribution in [0.1, 0.15) is 37.5 Å². The highest BCUT2D eigenvalue weighted by Gasteiger charge is 2.16. The molecule has 0 aliphatic heterocycles. The zero-order valence-electron chi connectivity index (χ0n) is 15.1. The van der Waals surface area contributed by atoms with E-state index in [1.54, 1.807) is 12.1 Å². The van der Waals surface area contributed by atoms with E-state index in [-0.39, 0.29) is 42.7 Å². The highest BCUT2D eigenvalue weighted by Crippen LogP contribution is 2.26. The Labute approximate surface area is 148 Å². The van der Waals surface area contributed by atoms with Gasteiger partial charge in [-0.05, 0) is 26.3 Å². The maximum atomic E-state index is 11.9. The third-order valence-corrected chi connectivity index (χ3v) is 3.52. The van der Waals surface area contributed by atoms with E-state index in [9.17, 15) is 19.5 Å². The van der Waals surface area contributed by atoms with E-state index < -0.39 is 0 Å². The van der Waals surface area contributed by atoms with E-state index in [1.807, 2.05) is 20.8 Å².